The van der Waals surface area contributed by atoms with Crippen LogP contribution < -0.4 is 0 Å². The second kappa shape index (κ2) is 5.64. The number of allylic oxidation sites excluding steroid dienone is 1. The molecule has 0 N–H and O–H groups in total. The van der Waals surface area contributed by atoms with Gasteiger partial charge in [-0.15, -0.1) is 0 Å². The lowest BCUT2D eigenvalue weighted by atomic mass is 9.49. The normalized spacial score (nSPS) is 34.7. The maximum atomic E-state index is 12.6. The van der Waals surface area contributed by atoms with Crippen LogP contribution in [0.2, 0.25) is 0 Å². The van der Waals surface area contributed by atoms with Crippen LogP contribution in [0.25, 0.3) is 10.9 Å². The minimum absolute atomic E-state index is 0.0610. The van der Waals surface area contributed by atoms with Gasteiger partial charge in [-0.05, 0) is 36.2 Å². The molecular weight excluding hydrogens is 282 g/mol. The molecule has 23 heavy (non-hydrogen) atoms. The molecule has 3 atom stereocenters. The molecule has 2 aliphatic carbocycles. The maximum absolute atomic E-state index is 12.6. The van der Waals surface area contributed by atoms with Crippen molar-refractivity contribution < 1.29 is 4.79 Å². The molecule has 0 bridgehead atoms. The highest BCUT2D eigenvalue weighted by Gasteiger charge is 2.58. The first-order chi connectivity index (χ1) is 10.9. The molecule has 2 saturated carbocycles. The summed E-state index contributed by atoms with van der Waals surface area (Å²) in [5.74, 6) is 0.541. The molecule has 2 fully saturated rings. The average molecular weight is 307 g/mol. The topological polar surface area (TPSA) is 21.4 Å². The molecule has 0 amide bonds. The number of benzene rings is 1. The summed E-state index contributed by atoms with van der Waals surface area (Å²) in [5.41, 5.74) is 2.40. The largest absolute Gasteiger partial charge is 0.305 e. The van der Waals surface area contributed by atoms with Crippen molar-refractivity contribution in [3.8, 4) is 0 Å². The zero-order valence-corrected chi connectivity index (χ0v) is 14.3. The third-order valence-corrected chi connectivity index (χ3v) is 6.02. The van der Waals surface area contributed by atoms with Crippen LogP contribution in [0.3, 0.4) is 0 Å². The van der Waals surface area contributed by atoms with E-state index in [1.54, 1.807) is 0 Å². The molecule has 0 aliphatic heterocycles. The van der Waals surface area contributed by atoms with Gasteiger partial charge in [0.2, 0.25) is 5.78 Å². The zero-order valence-electron chi connectivity index (χ0n) is 14.3. The van der Waals surface area contributed by atoms with Gasteiger partial charge < -0.3 is 4.85 Å². The summed E-state index contributed by atoms with van der Waals surface area (Å²) in [4.78, 5) is 16.3. The van der Waals surface area contributed by atoms with Crippen LogP contribution in [-0.4, -0.2) is 11.8 Å². The van der Waals surface area contributed by atoms with Crippen molar-refractivity contribution in [3.63, 3.8) is 0 Å². The van der Waals surface area contributed by atoms with E-state index in [0.717, 1.165) is 25.7 Å². The van der Waals surface area contributed by atoms with E-state index in [1.165, 1.54) is 11.1 Å². The Labute approximate surface area is 139 Å². The molecule has 1 aromatic carbocycles. The molecule has 0 radical (unpaired) electrons. The van der Waals surface area contributed by atoms with E-state index in [2.05, 4.69) is 56.0 Å². The minimum Gasteiger partial charge on any atom is -0.305 e. The summed E-state index contributed by atoms with van der Waals surface area (Å²) in [6.07, 6.45) is 6.15. The van der Waals surface area contributed by atoms with Gasteiger partial charge in [-0.2, -0.15) is 0 Å². The van der Waals surface area contributed by atoms with E-state index in [-0.39, 0.29) is 16.6 Å². The summed E-state index contributed by atoms with van der Waals surface area (Å²) < 4.78 is 0. The smallest absolute Gasteiger partial charge is 0.281 e. The molecule has 1 aromatic rings. The summed E-state index contributed by atoms with van der Waals surface area (Å²) >= 11 is 0. The molecule has 2 nitrogen and oxygen atoms in total. The third-order valence-electron chi connectivity index (χ3n) is 6.02. The SMILES string of the molecule is [C-]#[N+]C1C[C@]2(C)CC(=Cc3ccccc3)CC[C@H]2C(C)(C)C1=O. The van der Waals surface area contributed by atoms with E-state index in [9.17, 15) is 4.79 Å². The van der Waals surface area contributed by atoms with Crippen molar-refractivity contribution in [3.05, 3.63) is 52.9 Å². The fourth-order valence-corrected chi connectivity index (χ4v) is 5.00. The molecular formula is C21H25NO. The Bertz CT molecular complexity index is 680. The monoisotopic (exact) mass is 307 g/mol. The Morgan fingerprint density at radius 3 is 2.57 bits per heavy atom. The van der Waals surface area contributed by atoms with E-state index in [4.69, 9.17) is 6.57 Å². The van der Waals surface area contributed by atoms with E-state index < -0.39 is 6.04 Å². The quantitative estimate of drug-likeness (QED) is 0.656. The van der Waals surface area contributed by atoms with Crippen LogP contribution in [0.4, 0.5) is 0 Å². The maximum Gasteiger partial charge on any atom is 0.281 e. The van der Waals surface area contributed by atoms with E-state index in [0.29, 0.717) is 5.92 Å². The number of carbonyl (C=O) groups is 1. The highest BCUT2D eigenvalue weighted by Crippen LogP contribution is 2.58. The highest BCUT2D eigenvalue weighted by molar-refractivity contribution is 5.92. The van der Waals surface area contributed by atoms with Crippen LogP contribution in [0.5, 0.6) is 0 Å². The molecule has 0 heterocycles. The number of hydrogen-bond acceptors (Lipinski definition) is 1. The van der Waals surface area contributed by atoms with Gasteiger partial charge >= 0.3 is 0 Å². The fourth-order valence-electron chi connectivity index (χ4n) is 5.00. The molecule has 3 rings (SSSR count). The van der Waals surface area contributed by atoms with E-state index in [1.807, 2.05) is 6.07 Å². The lowest BCUT2D eigenvalue weighted by Crippen LogP contribution is -2.54. The van der Waals surface area contributed by atoms with Gasteiger partial charge in [-0.3, -0.25) is 4.79 Å². The number of ketones is 1. The minimum atomic E-state index is -0.456. The van der Waals surface area contributed by atoms with Gasteiger partial charge in [-0.25, -0.2) is 6.57 Å². The van der Waals surface area contributed by atoms with Crippen molar-refractivity contribution in [1.82, 2.24) is 0 Å². The first-order valence-electron chi connectivity index (χ1n) is 8.52. The lowest BCUT2D eigenvalue weighted by molar-refractivity contribution is -0.142. The fraction of sp³-hybridized carbons (Fsp3) is 0.524. The summed E-state index contributed by atoms with van der Waals surface area (Å²) in [6, 6.07) is 9.99. The Balaban J connectivity index is 1.91. The molecule has 0 spiro atoms. The molecule has 120 valence electrons. The lowest BCUT2D eigenvalue weighted by Gasteiger charge is -2.52. The van der Waals surface area contributed by atoms with Gasteiger partial charge in [0.1, 0.15) is 0 Å². The number of carbonyl (C=O) groups excluding carboxylic acids is 1. The van der Waals surface area contributed by atoms with Crippen LogP contribution in [-0.2, 0) is 4.79 Å². The number of hydrogen-bond donors (Lipinski definition) is 0. The van der Waals surface area contributed by atoms with Crippen LogP contribution in [0, 0.1) is 23.3 Å². The Morgan fingerprint density at radius 1 is 1.22 bits per heavy atom. The van der Waals surface area contributed by atoms with Crippen LogP contribution >= 0.6 is 0 Å². The van der Waals surface area contributed by atoms with Gasteiger partial charge in [0.25, 0.3) is 6.04 Å². The van der Waals surface area contributed by atoms with Crippen molar-refractivity contribution in [2.24, 2.45) is 16.7 Å². The van der Waals surface area contributed by atoms with Crippen LogP contribution in [0.15, 0.2) is 35.9 Å². The Morgan fingerprint density at radius 2 is 1.91 bits per heavy atom. The van der Waals surface area contributed by atoms with Gasteiger partial charge in [-0.1, -0.05) is 62.8 Å². The Kier molecular flexibility index (Phi) is 3.92. The standard InChI is InChI=1S/C21H25NO/c1-20(2)18-11-10-16(12-15-8-6-5-7-9-15)13-21(18,3)14-17(22-4)19(20)23/h5-9,12,17-18H,10-11,13-14H2,1-3H3/t17?,18-,21-/m0/s1. The van der Waals surface area contributed by atoms with Crippen molar-refractivity contribution in [2.75, 3.05) is 0 Å². The van der Waals surface area contributed by atoms with Crippen molar-refractivity contribution >= 4 is 11.9 Å². The summed E-state index contributed by atoms with van der Waals surface area (Å²) in [6.45, 7) is 13.8. The molecule has 0 saturated heterocycles. The van der Waals surface area contributed by atoms with Gasteiger partial charge in [0.15, 0.2) is 0 Å². The average Bonchev–Trinajstić information content (AvgIpc) is 2.52. The second-order valence-corrected chi connectivity index (χ2v) is 8.07. The van der Waals surface area contributed by atoms with Crippen molar-refractivity contribution in [2.45, 2.75) is 52.5 Å². The number of rotatable bonds is 1. The van der Waals surface area contributed by atoms with Gasteiger partial charge in [0.05, 0.1) is 0 Å². The molecule has 2 heteroatoms. The first-order valence-corrected chi connectivity index (χ1v) is 8.52. The number of nitrogens with zero attached hydrogens (tertiary/aromatic N) is 1. The third kappa shape index (κ3) is 2.74. The van der Waals surface area contributed by atoms with E-state index >= 15 is 0 Å². The molecule has 2 aliphatic rings. The number of fused-ring (bicyclic) bond motifs is 1. The molecule has 0 aromatic heterocycles. The predicted octanol–water partition coefficient (Wildman–Crippen LogP) is 5.16. The van der Waals surface area contributed by atoms with Crippen molar-refractivity contribution in [1.29, 1.82) is 0 Å². The summed E-state index contributed by atoms with van der Waals surface area (Å²) in [5, 5.41) is 0. The summed E-state index contributed by atoms with van der Waals surface area (Å²) in [7, 11) is 0. The number of Topliss-reactive ketones (excluding diaryl/α,β-unsaturated/α-hetero) is 1. The Hall–Kier alpha value is -1.88. The molecule has 1 unspecified atom stereocenters. The van der Waals surface area contributed by atoms with Crippen LogP contribution in [0.1, 0.15) is 52.0 Å². The predicted molar refractivity (Wildman–Crippen MR) is 93.7 cm³/mol. The first kappa shape index (κ1) is 16.0. The highest BCUT2D eigenvalue weighted by atomic mass is 16.1. The van der Waals surface area contributed by atoms with Gasteiger partial charge in [0, 0.05) is 11.8 Å². The second-order valence-electron chi connectivity index (χ2n) is 8.07. The zero-order chi connectivity index (χ0) is 16.7.